The van der Waals surface area contributed by atoms with E-state index in [4.69, 9.17) is 17.8 Å². The molecule has 184 valence electrons. The Hall–Kier alpha value is -3.90. The number of hydrogen-bond acceptors (Lipinski definition) is 1. The highest BCUT2D eigenvalue weighted by Crippen LogP contribution is 2.45. The van der Waals surface area contributed by atoms with Crippen molar-refractivity contribution in [1.82, 2.24) is 0 Å². The minimum absolute atomic E-state index is 0.0241. The summed E-state index contributed by atoms with van der Waals surface area (Å²) in [5.74, 6) is 0.578. The lowest BCUT2D eigenvalue weighted by Crippen LogP contribution is -2.37. The van der Waals surface area contributed by atoms with Gasteiger partial charge >= 0.3 is 0 Å². The predicted molar refractivity (Wildman–Crippen MR) is 152 cm³/mol. The van der Waals surface area contributed by atoms with Gasteiger partial charge in [-0.15, -0.1) is 0 Å². The molecule has 37 heavy (non-hydrogen) atoms. The molecule has 3 aromatic carbocycles. The molecule has 3 nitrogen and oxygen atoms in total. The Bertz CT molecular complexity index is 1950. The fourth-order valence-electron chi connectivity index (χ4n) is 6.29. The van der Waals surface area contributed by atoms with Crippen LogP contribution in [0.25, 0.3) is 49.2 Å². The predicted octanol–water partition coefficient (Wildman–Crippen LogP) is 9.27. The zero-order valence-electron chi connectivity index (χ0n) is 26.8. The normalized spacial score (nSPS) is 16.2. The lowest BCUT2D eigenvalue weighted by atomic mass is 9.81. The van der Waals surface area contributed by atoms with Crippen LogP contribution in [0.4, 0.5) is 5.69 Å². The Balaban J connectivity index is 1.67. The summed E-state index contributed by atoms with van der Waals surface area (Å²) in [5.41, 5.74) is 8.36. The molecule has 2 aromatic heterocycles. The van der Waals surface area contributed by atoms with Gasteiger partial charge in [-0.3, -0.25) is 0 Å². The van der Waals surface area contributed by atoms with Gasteiger partial charge in [0.05, 0.1) is 19.0 Å². The monoisotopic (exact) mass is 490 g/mol. The number of benzene rings is 3. The maximum Gasteiger partial charge on any atom is 0.216 e. The molecule has 0 unspecified atom stereocenters. The Labute approximate surface area is 226 Å². The lowest BCUT2D eigenvalue weighted by molar-refractivity contribution is -0.667. The van der Waals surface area contributed by atoms with E-state index in [1.165, 1.54) is 48.9 Å². The minimum atomic E-state index is -0.470. The Kier molecular flexibility index (Phi) is 4.56. The topological polar surface area (TPSA) is 21.4 Å². The molecular weight excluding hydrogens is 452 g/mol. The second-order valence-corrected chi connectivity index (χ2v) is 10.3. The van der Waals surface area contributed by atoms with Crippen molar-refractivity contribution >= 4 is 27.6 Å². The Morgan fingerprint density at radius 1 is 0.892 bits per heavy atom. The van der Waals surface area contributed by atoms with Crippen molar-refractivity contribution in [3.63, 3.8) is 0 Å². The second kappa shape index (κ2) is 9.20. The van der Waals surface area contributed by atoms with E-state index >= 15 is 0 Å². The molecule has 2 heterocycles. The van der Waals surface area contributed by atoms with Crippen LogP contribution in [0.3, 0.4) is 0 Å². The van der Waals surface area contributed by atoms with E-state index in [0.717, 1.165) is 27.6 Å². The van der Waals surface area contributed by atoms with Crippen LogP contribution in [0, 0.1) is 27.3 Å². The molecule has 0 saturated heterocycles. The van der Waals surface area contributed by atoms with Crippen molar-refractivity contribution in [3.8, 4) is 22.4 Å². The number of rotatable bonds is 3. The van der Waals surface area contributed by atoms with Crippen molar-refractivity contribution in [2.24, 2.45) is 7.05 Å². The number of furan rings is 1. The largest absolute Gasteiger partial charge is 0.456 e. The van der Waals surface area contributed by atoms with Gasteiger partial charge in [0.2, 0.25) is 5.69 Å². The zero-order valence-corrected chi connectivity index (χ0v) is 21.8. The molecule has 0 spiro atoms. The lowest BCUT2D eigenvalue weighted by Gasteiger charge is -2.24. The molecule has 1 fully saturated rings. The third-order valence-electron chi connectivity index (χ3n) is 8.17. The Morgan fingerprint density at radius 3 is 2.27 bits per heavy atom. The minimum Gasteiger partial charge on any atom is -0.456 e. The number of pyridine rings is 1. The van der Waals surface area contributed by atoms with Gasteiger partial charge in [0.25, 0.3) is 0 Å². The number of hydrogen-bond donors (Lipinski definition) is 0. The fraction of sp³-hybridized carbons (Fsp3) is 0.294. The summed E-state index contributed by atoms with van der Waals surface area (Å²) < 4.78 is 50.7. The van der Waals surface area contributed by atoms with Crippen LogP contribution in [-0.2, 0) is 7.05 Å². The molecule has 5 aromatic rings. The van der Waals surface area contributed by atoms with Crippen molar-refractivity contribution in [2.45, 2.75) is 58.8 Å². The SMILES string of the molecule is [2H]c1c([2H])c([2H])c(-c2c([N+]#[C-])ccc3c2oc2c(-c4cc(C)c(C5CCCCC5)c(C)[n+]4C)c(C)ccc23)c([2H])c1[2H]. The van der Waals surface area contributed by atoms with Gasteiger partial charge in [0, 0.05) is 34.9 Å². The molecular formula is C34H33N2O+. The zero-order chi connectivity index (χ0) is 30.0. The molecule has 0 N–H and O–H groups in total. The molecule has 0 bridgehead atoms. The highest BCUT2D eigenvalue weighted by molar-refractivity contribution is 6.15. The first-order valence-electron chi connectivity index (χ1n) is 15.5. The van der Waals surface area contributed by atoms with Gasteiger partial charge in [-0.1, -0.05) is 73.7 Å². The van der Waals surface area contributed by atoms with Crippen LogP contribution in [0.1, 0.15) is 67.3 Å². The molecule has 1 aliphatic carbocycles. The maximum atomic E-state index is 8.62. The van der Waals surface area contributed by atoms with Gasteiger partial charge < -0.3 is 4.42 Å². The average molecular weight is 491 g/mol. The number of aryl methyl sites for hydroxylation is 2. The maximum absolute atomic E-state index is 8.62. The van der Waals surface area contributed by atoms with E-state index in [1.807, 2.05) is 12.1 Å². The second-order valence-electron chi connectivity index (χ2n) is 10.3. The van der Waals surface area contributed by atoms with E-state index < -0.39 is 18.1 Å². The summed E-state index contributed by atoms with van der Waals surface area (Å²) in [5, 5.41) is 1.58. The highest BCUT2D eigenvalue weighted by Gasteiger charge is 2.29. The number of aromatic nitrogens is 1. The van der Waals surface area contributed by atoms with Gasteiger partial charge in [-0.2, -0.15) is 4.57 Å². The van der Waals surface area contributed by atoms with E-state index in [2.05, 4.69) is 49.4 Å². The third kappa shape index (κ3) is 3.75. The highest BCUT2D eigenvalue weighted by atomic mass is 16.3. The van der Waals surface area contributed by atoms with Crippen LogP contribution in [0.5, 0.6) is 0 Å². The number of fused-ring (bicyclic) bond motifs is 3. The van der Waals surface area contributed by atoms with Crippen molar-refractivity contribution in [1.29, 1.82) is 0 Å². The summed E-state index contributed by atoms with van der Waals surface area (Å²) in [6.45, 7) is 14.3. The van der Waals surface area contributed by atoms with Gasteiger partial charge in [-0.25, -0.2) is 4.85 Å². The van der Waals surface area contributed by atoms with Crippen molar-refractivity contribution < 1.29 is 15.8 Å². The Morgan fingerprint density at radius 2 is 1.57 bits per heavy atom. The van der Waals surface area contributed by atoms with E-state index in [0.29, 0.717) is 17.1 Å². The smallest absolute Gasteiger partial charge is 0.216 e. The van der Waals surface area contributed by atoms with Crippen LogP contribution in [0.15, 0.2) is 65.0 Å². The van der Waals surface area contributed by atoms with Gasteiger partial charge in [0.15, 0.2) is 11.4 Å². The first kappa shape index (κ1) is 18.4. The summed E-state index contributed by atoms with van der Waals surface area (Å²) in [6, 6.07) is 7.73. The molecule has 6 rings (SSSR count). The van der Waals surface area contributed by atoms with E-state index in [1.54, 1.807) is 6.07 Å². The third-order valence-corrected chi connectivity index (χ3v) is 8.17. The summed E-state index contributed by atoms with van der Waals surface area (Å²) in [7, 11) is 2.10. The van der Waals surface area contributed by atoms with Gasteiger partial charge in [-0.05, 0) is 49.3 Å². The van der Waals surface area contributed by atoms with Crippen LogP contribution in [0.2, 0.25) is 0 Å². The average Bonchev–Trinajstić information content (AvgIpc) is 3.36. The van der Waals surface area contributed by atoms with Crippen molar-refractivity contribution in [3.05, 3.63) is 94.3 Å². The van der Waals surface area contributed by atoms with Crippen LogP contribution >= 0.6 is 0 Å². The van der Waals surface area contributed by atoms with E-state index in [-0.39, 0.29) is 28.9 Å². The fourth-order valence-corrected chi connectivity index (χ4v) is 6.29. The first-order chi connectivity index (χ1) is 20.1. The molecule has 0 radical (unpaired) electrons. The summed E-state index contributed by atoms with van der Waals surface area (Å²) >= 11 is 0. The van der Waals surface area contributed by atoms with E-state index in [9.17, 15) is 0 Å². The molecule has 1 aliphatic rings. The quantitative estimate of drug-likeness (QED) is 0.182. The molecule has 0 aliphatic heterocycles. The molecule has 0 atom stereocenters. The molecule has 0 amide bonds. The standard InChI is InChI=1S/C34H33N2O/c1-21-16-17-26-27-18-19-28(35-4)32(25-14-10-7-11-15-25)34(27)37-33(26)31(21)29-20-22(2)30(23(3)36(29)5)24-12-8-6-9-13-24/h7,10-11,14-20,24H,6,8-9,12-13H2,1-3,5H3/q+1/i7D,10D,11D,14D,15D. The van der Waals surface area contributed by atoms with Crippen LogP contribution in [-0.4, -0.2) is 0 Å². The first-order valence-corrected chi connectivity index (χ1v) is 13.0. The number of nitrogens with zero attached hydrogens (tertiary/aromatic N) is 2. The van der Waals surface area contributed by atoms with Crippen molar-refractivity contribution in [2.75, 3.05) is 0 Å². The summed E-state index contributed by atoms with van der Waals surface area (Å²) in [4.78, 5) is 3.67. The van der Waals surface area contributed by atoms with Crippen LogP contribution < -0.4 is 4.57 Å². The molecule has 1 saturated carbocycles. The summed E-state index contributed by atoms with van der Waals surface area (Å²) in [6.07, 6.45) is 6.31. The molecule has 3 heteroatoms. The van der Waals surface area contributed by atoms with Gasteiger partial charge in [0.1, 0.15) is 18.2 Å².